The summed E-state index contributed by atoms with van der Waals surface area (Å²) in [7, 11) is 0. The molecule has 0 unspecified atom stereocenters. The maximum atomic E-state index is 5.93. The lowest BCUT2D eigenvalue weighted by molar-refractivity contribution is 1.34. The van der Waals surface area contributed by atoms with Gasteiger partial charge in [0.1, 0.15) is 0 Å². The molecule has 0 amide bonds. The van der Waals surface area contributed by atoms with E-state index in [9.17, 15) is 0 Å². The normalized spacial score (nSPS) is 10.2. The van der Waals surface area contributed by atoms with E-state index in [2.05, 4.69) is 37.9 Å². The Labute approximate surface area is 88.2 Å². The number of halogens is 3. The minimum absolute atomic E-state index is 0.777. The van der Waals surface area contributed by atoms with Crippen LogP contribution >= 0.6 is 43.5 Å². The zero-order chi connectivity index (χ0) is 8.43. The molecule has 0 saturated heterocycles. The van der Waals surface area contributed by atoms with Gasteiger partial charge in [0, 0.05) is 9.80 Å². The summed E-state index contributed by atoms with van der Waals surface area (Å²) >= 11 is 12.7. The molecule has 0 aliphatic heterocycles. The molecule has 3 heteroatoms. The lowest BCUT2D eigenvalue weighted by atomic mass is 10.2. The van der Waals surface area contributed by atoms with Gasteiger partial charge in [-0.25, -0.2) is 0 Å². The molecule has 11 heavy (non-hydrogen) atoms. The number of aryl methyl sites for hydroxylation is 1. The maximum absolute atomic E-state index is 5.93. The third kappa shape index (κ3) is 2.20. The van der Waals surface area contributed by atoms with E-state index >= 15 is 0 Å². The van der Waals surface area contributed by atoms with E-state index in [1.807, 2.05) is 13.0 Å². The maximum Gasteiger partial charge on any atom is 0.0553 e. The van der Waals surface area contributed by atoms with E-state index in [0.717, 1.165) is 14.8 Å². The van der Waals surface area contributed by atoms with Gasteiger partial charge in [0.25, 0.3) is 0 Å². The van der Waals surface area contributed by atoms with Crippen molar-refractivity contribution < 1.29 is 0 Å². The summed E-state index contributed by atoms with van der Waals surface area (Å²) in [5.74, 6) is 0. The molecule has 0 atom stereocenters. The molecule has 0 bridgehead atoms. The van der Waals surface area contributed by atoms with E-state index in [4.69, 9.17) is 11.6 Å². The molecule has 0 saturated carbocycles. The Hall–Kier alpha value is 0.470. The van der Waals surface area contributed by atoms with Crippen molar-refractivity contribution in [1.82, 2.24) is 0 Å². The Balaban J connectivity index is 3.24. The van der Waals surface area contributed by atoms with Crippen LogP contribution in [0.5, 0.6) is 0 Å². The quantitative estimate of drug-likeness (QED) is 0.678. The van der Waals surface area contributed by atoms with E-state index in [1.54, 1.807) is 0 Å². The van der Waals surface area contributed by atoms with Gasteiger partial charge in [0.2, 0.25) is 0 Å². The van der Waals surface area contributed by atoms with E-state index in [0.29, 0.717) is 0 Å². The fraction of sp³-hybridized carbons (Fsp3) is 0.250. The van der Waals surface area contributed by atoms with Crippen molar-refractivity contribution in [3.63, 3.8) is 0 Å². The van der Waals surface area contributed by atoms with Gasteiger partial charge in [-0.3, -0.25) is 0 Å². The summed E-state index contributed by atoms with van der Waals surface area (Å²) in [6.07, 6.45) is 0. The van der Waals surface area contributed by atoms with Crippen LogP contribution in [0.1, 0.15) is 11.1 Å². The van der Waals surface area contributed by atoms with Crippen molar-refractivity contribution in [3.05, 3.63) is 32.8 Å². The highest BCUT2D eigenvalue weighted by Crippen LogP contribution is 2.29. The largest absolute Gasteiger partial charge is 0.0876 e. The number of alkyl halides is 1. The fourth-order valence-electron chi connectivity index (χ4n) is 0.894. The second-order valence-corrected chi connectivity index (χ2v) is 4.11. The summed E-state index contributed by atoms with van der Waals surface area (Å²) in [6.45, 7) is 2.03. The first-order valence-corrected chi connectivity index (χ1v) is 5.45. The Morgan fingerprint density at radius 1 is 1.45 bits per heavy atom. The second kappa shape index (κ2) is 3.92. The van der Waals surface area contributed by atoms with Gasteiger partial charge in [0.15, 0.2) is 0 Å². The monoisotopic (exact) mass is 296 g/mol. The molecule has 1 aromatic rings. The van der Waals surface area contributed by atoms with Gasteiger partial charge in [-0.15, -0.1) is 0 Å². The van der Waals surface area contributed by atoms with Gasteiger partial charge >= 0.3 is 0 Å². The van der Waals surface area contributed by atoms with Crippen molar-refractivity contribution in [1.29, 1.82) is 0 Å². The molecule has 0 radical (unpaired) electrons. The Morgan fingerprint density at radius 3 is 2.64 bits per heavy atom. The molecule has 1 aromatic carbocycles. The summed E-state index contributed by atoms with van der Waals surface area (Å²) < 4.78 is 0.988. The highest BCUT2D eigenvalue weighted by atomic mass is 79.9. The summed E-state index contributed by atoms with van der Waals surface area (Å²) in [5, 5.41) is 1.61. The third-order valence-electron chi connectivity index (χ3n) is 1.39. The summed E-state index contributed by atoms with van der Waals surface area (Å²) in [6, 6.07) is 4.04. The number of benzene rings is 1. The molecule has 0 aromatic heterocycles. The molecule has 0 aliphatic carbocycles. The average molecular weight is 298 g/mol. The zero-order valence-electron chi connectivity index (χ0n) is 6.00. The SMILES string of the molecule is Cc1cc(Cl)c(Br)c(CBr)c1. The van der Waals surface area contributed by atoms with Crippen LogP contribution in [0.4, 0.5) is 0 Å². The molecule has 0 heterocycles. The fourth-order valence-corrected chi connectivity index (χ4v) is 2.37. The Bertz CT molecular complexity index is 271. The zero-order valence-corrected chi connectivity index (χ0v) is 9.92. The molecule has 0 spiro atoms. The van der Waals surface area contributed by atoms with Gasteiger partial charge in [-0.2, -0.15) is 0 Å². The van der Waals surface area contributed by atoms with E-state index in [1.165, 1.54) is 11.1 Å². The first-order chi connectivity index (χ1) is 5.15. The van der Waals surface area contributed by atoms with Gasteiger partial charge in [-0.1, -0.05) is 33.6 Å². The van der Waals surface area contributed by atoms with Crippen molar-refractivity contribution in [3.8, 4) is 0 Å². The molecule has 0 fully saturated rings. The molecule has 0 aliphatic rings. The van der Waals surface area contributed by atoms with Crippen LogP contribution in [-0.2, 0) is 5.33 Å². The van der Waals surface area contributed by atoms with Gasteiger partial charge < -0.3 is 0 Å². The van der Waals surface area contributed by atoms with E-state index in [-0.39, 0.29) is 0 Å². The molecule has 1 rings (SSSR count). The summed E-state index contributed by atoms with van der Waals surface area (Å²) in [4.78, 5) is 0. The predicted molar refractivity (Wildman–Crippen MR) is 56.5 cm³/mol. The Morgan fingerprint density at radius 2 is 2.09 bits per heavy atom. The first kappa shape index (κ1) is 9.56. The molecule has 0 nitrogen and oxygen atoms in total. The predicted octanol–water partition coefficient (Wildman–Crippen LogP) is 4.31. The summed E-state index contributed by atoms with van der Waals surface area (Å²) in [5.41, 5.74) is 2.38. The minimum Gasteiger partial charge on any atom is -0.0876 e. The molecule has 0 N–H and O–H groups in total. The van der Waals surface area contributed by atoms with Crippen molar-refractivity contribution in [2.24, 2.45) is 0 Å². The smallest absolute Gasteiger partial charge is 0.0553 e. The van der Waals surface area contributed by atoms with E-state index < -0.39 is 0 Å². The van der Waals surface area contributed by atoms with Crippen LogP contribution in [0.15, 0.2) is 16.6 Å². The lowest BCUT2D eigenvalue weighted by Crippen LogP contribution is -1.83. The van der Waals surface area contributed by atoms with Crippen molar-refractivity contribution in [2.75, 3.05) is 0 Å². The Kier molecular flexibility index (Phi) is 3.41. The molecule has 60 valence electrons. The number of hydrogen-bond donors (Lipinski definition) is 0. The second-order valence-electron chi connectivity index (χ2n) is 2.35. The lowest BCUT2D eigenvalue weighted by Gasteiger charge is -2.03. The van der Waals surface area contributed by atoms with Gasteiger partial charge in [0.05, 0.1) is 5.02 Å². The molecular formula is C8H7Br2Cl. The topological polar surface area (TPSA) is 0 Å². The van der Waals surface area contributed by atoms with Crippen LogP contribution in [0.25, 0.3) is 0 Å². The van der Waals surface area contributed by atoms with Crippen LogP contribution in [0.3, 0.4) is 0 Å². The third-order valence-corrected chi connectivity index (χ3v) is 3.46. The first-order valence-electron chi connectivity index (χ1n) is 3.15. The van der Waals surface area contributed by atoms with Gasteiger partial charge in [-0.05, 0) is 40.0 Å². The standard InChI is InChI=1S/C8H7Br2Cl/c1-5-2-6(4-9)8(10)7(11)3-5/h2-3H,4H2,1H3. The van der Waals surface area contributed by atoms with Crippen molar-refractivity contribution in [2.45, 2.75) is 12.3 Å². The number of rotatable bonds is 1. The van der Waals surface area contributed by atoms with Crippen LogP contribution in [0.2, 0.25) is 5.02 Å². The molecular weight excluding hydrogens is 291 g/mol. The van der Waals surface area contributed by atoms with Crippen LogP contribution < -0.4 is 0 Å². The number of hydrogen-bond acceptors (Lipinski definition) is 0. The van der Waals surface area contributed by atoms with Crippen LogP contribution in [0, 0.1) is 6.92 Å². The highest BCUT2D eigenvalue weighted by Gasteiger charge is 2.03. The average Bonchev–Trinajstić information content (AvgIpc) is 1.96. The van der Waals surface area contributed by atoms with Crippen molar-refractivity contribution >= 4 is 43.5 Å². The van der Waals surface area contributed by atoms with Crippen LogP contribution in [-0.4, -0.2) is 0 Å². The minimum atomic E-state index is 0.777. The highest BCUT2D eigenvalue weighted by molar-refractivity contribution is 9.10.